The van der Waals surface area contributed by atoms with Crippen molar-refractivity contribution >= 4 is 17.6 Å². The van der Waals surface area contributed by atoms with Gasteiger partial charge in [-0.05, 0) is 59.4 Å². The number of alkyl halides is 3. The highest BCUT2D eigenvalue weighted by Gasteiger charge is 2.31. The molecule has 196 valence electrons. The lowest BCUT2D eigenvalue weighted by Crippen LogP contribution is -2.37. The Kier molecular flexibility index (Phi) is 8.15. The van der Waals surface area contributed by atoms with Gasteiger partial charge in [0.2, 0.25) is 0 Å². The number of carbonyl (C=O) groups is 2. The van der Waals surface area contributed by atoms with Crippen LogP contribution in [0, 0.1) is 6.92 Å². The van der Waals surface area contributed by atoms with Gasteiger partial charge >= 0.3 is 18.2 Å². The molecule has 1 amide bonds. The van der Waals surface area contributed by atoms with E-state index >= 15 is 0 Å². The van der Waals surface area contributed by atoms with Gasteiger partial charge in [-0.25, -0.2) is 4.79 Å². The normalized spacial score (nSPS) is 11.6. The third-order valence-corrected chi connectivity index (χ3v) is 5.53. The molecule has 0 unspecified atom stereocenters. The van der Waals surface area contributed by atoms with Gasteiger partial charge in [-0.15, -0.1) is 13.2 Å². The second-order valence-corrected chi connectivity index (χ2v) is 9.40. The fourth-order valence-corrected chi connectivity index (χ4v) is 3.47. The van der Waals surface area contributed by atoms with Crippen LogP contribution in [-0.4, -0.2) is 25.3 Å². The van der Waals surface area contributed by atoms with Crippen LogP contribution >= 0.6 is 0 Å². The molecule has 37 heavy (non-hydrogen) atoms. The molecular weight excluding hydrogens is 487 g/mol. The molecule has 9 heteroatoms. The van der Waals surface area contributed by atoms with Crippen molar-refractivity contribution in [1.29, 1.82) is 0 Å². The molecule has 0 N–H and O–H groups in total. The number of rotatable bonds is 6. The number of nitrogens with zero attached hydrogens (tertiary/aromatic N) is 1. The summed E-state index contributed by atoms with van der Waals surface area (Å²) in [5.41, 5.74) is 2.97. The summed E-state index contributed by atoms with van der Waals surface area (Å²) < 4.78 is 51.7. The molecule has 0 spiro atoms. The fraction of sp³-hybridized carbons (Fsp3) is 0.286. The first-order chi connectivity index (χ1) is 17.3. The Morgan fingerprint density at radius 2 is 1.46 bits per heavy atom. The van der Waals surface area contributed by atoms with E-state index in [2.05, 4.69) is 30.2 Å². The van der Waals surface area contributed by atoms with E-state index in [9.17, 15) is 22.8 Å². The predicted octanol–water partition coefficient (Wildman–Crippen LogP) is 6.69. The Morgan fingerprint density at radius 3 is 2.00 bits per heavy atom. The van der Waals surface area contributed by atoms with Crippen LogP contribution in [0.1, 0.15) is 37.5 Å². The summed E-state index contributed by atoms with van der Waals surface area (Å²) in [6.07, 6.45) is -4.80. The van der Waals surface area contributed by atoms with E-state index < -0.39 is 18.2 Å². The summed E-state index contributed by atoms with van der Waals surface area (Å²) in [5, 5.41) is 0. The van der Waals surface area contributed by atoms with Crippen LogP contribution < -0.4 is 14.4 Å². The first-order valence-corrected chi connectivity index (χ1v) is 11.4. The van der Waals surface area contributed by atoms with Gasteiger partial charge in [-0.1, -0.05) is 51.1 Å². The molecule has 0 radical (unpaired) electrons. The van der Waals surface area contributed by atoms with Gasteiger partial charge < -0.3 is 14.2 Å². The van der Waals surface area contributed by atoms with E-state index in [0.29, 0.717) is 17.0 Å². The number of aryl methyl sites for hydroxylation is 1. The van der Waals surface area contributed by atoms with Gasteiger partial charge in [-0.2, -0.15) is 0 Å². The smallest absolute Gasteiger partial charge is 0.462 e. The molecule has 0 aliphatic rings. The number of esters is 1. The zero-order valence-corrected chi connectivity index (χ0v) is 21.2. The van der Waals surface area contributed by atoms with E-state index in [4.69, 9.17) is 4.74 Å². The van der Waals surface area contributed by atoms with Crippen molar-refractivity contribution in [1.82, 2.24) is 0 Å². The summed E-state index contributed by atoms with van der Waals surface area (Å²) in [6, 6.07) is 17.7. The van der Waals surface area contributed by atoms with Crippen molar-refractivity contribution in [2.24, 2.45) is 0 Å². The molecule has 0 heterocycles. The van der Waals surface area contributed by atoms with E-state index in [1.165, 1.54) is 17.0 Å². The number of halogens is 3. The van der Waals surface area contributed by atoms with Gasteiger partial charge in [0.05, 0.1) is 13.7 Å². The third-order valence-electron chi connectivity index (χ3n) is 5.53. The van der Waals surface area contributed by atoms with Crippen LogP contribution in [0.15, 0.2) is 66.7 Å². The first-order valence-electron chi connectivity index (χ1n) is 11.4. The molecule has 3 aromatic rings. The molecule has 0 atom stereocenters. The average Bonchev–Trinajstić information content (AvgIpc) is 2.83. The van der Waals surface area contributed by atoms with Crippen molar-refractivity contribution < 1.29 is 37.0 Å². The number of carbonyl (C=O) groups excluding carboxylic acids is 2. The molecule has 0 aliphatic heterocycles. The van der Waals surface area contributed by atoms with E-state index in [0.717, 1.165) is 30.4 Å². The number of ether oxygens (including phenoxy) is 3. The van der Waals surface area contributed by atoms with Crippen LogP contribution in [-0.2, 0) is 26.3 Å². The minimum absolute atomic E-state index is 0.0413. The van der Waals surface area contributed by atoms with E-state index in [1.54, 1.807) is 25.1 Å². The number of anilines is 1. The SMILES string of the molecule is COC(=O)C(=O)N(Cc1ccc(C(C)(C)C)cc1)c1ccc(C)c(Oc2ccc(OC(F)(F)F)cc2)c1. The topological polar surface area (TPSA) is 65.1 Å². The van der Waals surface area contributed by atoms with Gasteiger partial charge in [-0.3, -0.25) is 9.69 Å². The summed E-state index contributed by atoms with van der Waals surface area (Å²) in [6.45, 7) is 8.17. The third kappa shape index (κ3) is 7.49. The average molecular weight is 516 g/mol. The second-order valence-electron chi connectivity index (χ2n) is 9.40. The monoisotopic (exact) mass is 515 g/mol. The van der Waals surface area contributed by atoms with Crippen molar-refractivity contribution in [3.8, 4) is 17.2 Å². The quantitative estimate of drug-likeness (QED) is 0.270. The zero-order chi connectivity index (χ0) is 27.4. The number of benzene rings is 3. The lowest BCUT2D eigenvalue weighted by Gasteiger charge is -2.24. The molecule has 3 rings (SSSR count). The van der Waals surface area contributed by atoms with E-state index in [-0.39, 0.29) is 23.5 Å². The predicted molar refractivity (Wildman–Crippen MR) is 133 cm³/mol. The van der Waals surface area contributed by atoms with Crippen molar-refractivity contribution in [3.63, 3.8) is 0 Å². The molecular formula is C28H28F3NO5. The lowest BCUT2D eigenvalue weighted by molar-refractivity contribution is -0.274. The van der Waals surface area contributed by atoms with Gasteiger partial charge in [0.25, 0.3) is 0 Å². The molecule has 0 fully saturated rings. The molecule has 3 aromatic carbocycles. The standard InChI is InChI=1S/C28H28F3NO5/c1-18-6-11-21(16-24(18)36-22-12-14-23(15-13-22)37-28(29,30)31)32(25(33)26(34)35-5)17-19-7-9-20(10-8-19)27(2,3)4/h6-16H,17H2,1-5H3. The van der Waals surface area contributed by atoms with Gasteiger partial charge in [0.1, 0.15) is 17.2 Å². The molecule has 0 saturated heterocycles. The number of hydrogen-bond donors (Lipinski definition) is 0. The Balaban J connectivity index is 1.89. The molecule has 0 aliphatic carbocycles. The number of methoxy groups -OCH3 is 1. The van der Waals surface area contributed by atoms with Crippen LogP contribution in [0.2, 0.25) is 0 Å². The maximum atomic E-state index is 12.9. The van der Waals surface area contributed by atoms with E-state index in [1.807, 2.05) is 24.3 Å². The largest absolute Gasteiger partial charge is 0.573 e. The minimum atomic E-state index is -4.80. The lowest BCUT2D eigenvalue weighted by atomic mass is 9.87. The van der Waals surface area contributed by atoms with Crippen LogP contribution in [0.4, 0.5) is 18.9 Å². The maximum Gasteiger partial charge on any atom is 0.573 e. The number of hydrogen-bond acceptors (Lipinski definition) is 5. The van der Waals surface area contributed by atoms with Crippen molar-refractivity contribution in [2.45, 2.75) is 46.0 Å². The fourth-order valence-electron chi connectivity index (χ4n) is 3.47. The summed E-state index contributed by atoms with van der Waals surface area (Å²) in [7, 11) is 1.13. The Hall–Kier alpha value is -4.01. The molecule has 6 nitrogen and oxygen atoms in total. The van der Waals surface area contributed by atoms with Crippen LogP contribution in [0.25, 0.3) is 0 Å². The highest BCUT2D eigenvalue weighted by Crippen LogP contribution is 2.32. The maximum absolute atomic E-state index is 12.9. The van der Waals surface area contributed by atoms with Gasteiger partial charge in [0, 0.05) is 11.8 Å². The van der Waals surface area contributed by atoms with Crippen molar-refractivity contribution in [3.05, 3.63) is 83.4 Å². The van der Waals surface area contributed by atoms with Gasteiger partial charge in [0.15, 0.2) is 0 Å². The Labute approximate surface area is 213 Å². The molecule has 0 saturated carbocycles. The summed E-state index contributed by atoms with van der Waals surface area (Å²) in [4.78, 5) is 26.3. The Morgan fingerprint density at radius 1 is 0.865 bits per heavy atom. The second kappa shape index (κ2) is 10.9. The highest BCUT2D eigenvalue weighted by molar-refractivity contribution is 6.38. The molecule has 0 bridgehead atoms. The van der Waals surface area contributed by atoms with Crippen LogP contribution in [0.5, 0.6) is 17.2 Å². The zero-order valence-electron chi connectivity index (χ0n) is 21.2. The van der Waals surface area contributed by atoms with Crippen LogP contribution in [0.3, 0.4) is 0 Å². The van der Waals surface area contributed by atoms with Crippen molar-refractivity contribution in [2.75, 3.05) is 12.0 Å². The number of amides is 1. The summed E-state index contributed by atoms with van der Waals surface area (Å²) >= 11 is 0. The Bertz CT molecular complexity index is 1250. The molecule has 0 aromatic heterocycles. The highest BCUT2D eigenvalue weighted by atomic mass is 19.4. The summed E-state index contributed by atoms with van der Waals surface area (Å²) in [5.74, 6) is -1.63. The minimum Gasteiger partial charge on any atom is -0.462 e. The first kappa shape index (κ1) is 27.6.